The number of pyridine rings is 1. The van der Waals surface area contributed by atoms with Gasteiger partial charge in [-0.15, -0.1) is 0 Å². The molecule has 1 aromatic carbocycles. The molecule has 5 heteroatoms. The van der Waals surface area contributed by atoms with E-state index < -0.39 is 11.6 Å². The van der Waals surface area contributed by atoms with Crippen LogP contribution in [0.1, 0.15) is 37.3 Å². The largest absolute Gasteiger partial charge is 0.323 e. The summed E-state index contributed by atoms with van der Waals surface area (Å²) in [6.07, 6.45) is 4.49. The first-order valence-corrected chi connectivity index (χ1v) is 6.45. The van der Waals surface area contributed by atoms with E-state index in [-0.39, 0.29) is 5.39 Å². The summed E-state index contributed by atoms with van der Waals surface area (Å²) in [4.78, 5) is 4.41. The molecular weight excluding hydrogens is 248 g/mol. The first kappa shape index (κ1) is 12.3. The van der Waals surface area contributed by atoms with E-state index in [4.69, 9.17) is 5.84 Å². The first-order chi connectivity index (χ1) is 9.19. The van der Waals surface area contributed by atoms with Crippen molar-refractivity contribution in [1.29, 1.82) is 0 Å². The zero-order valence-corrected chi connectivity index (χ0v) is 10.4. The van der Waals surface area contributed by atoms with Crippen LogP contribution in [-0.2, 0) is 0 Å². The van der Waals surface area contributed by atoms with E-state index in [0.29, 0.717) is 17.1 Å². The fraction of sp³-hybridized carbons (Fsp3) is 0.357. The van der Waals surface area contributed by atoms with Gasteiger partial charge in [0.05, 0.1) is 16.6 Å². The minimum atomic E-state index is -0.645. The Morgan fingerprint density at radius 1 is 1.16 bits per heavy atom. The van der Waals surface area contributed by atoms with E-state index in [1.165, 1.54) is 18.9 Å². The Morgan fingerprint density at radius 2 is 1.89 bits per heavy atom. The topological polar surface area (TPSA) is 50.9 Å². The summed E-state index contributed by atoms with van der Waals surface area (Å²) >= 11 is 0. The lowest BCUT2D eigenvalue weighted by atomic mass is 10.0. The number of nitrogens with one attached hydrogen (secondary N) is 1. The minimum absolute atomic E-state index is 0.241. The normalized spacial score (nSPS) is 16.2. The van der Waals surface area contributed by atoms with Crippen molar-refractivity contribution in [2.24, 2.45) is 5.84 Å². The molecule has 1 heterocycles. The Balaban J connectivity index is 2.21. The van der Waals surface area contributed by atoms with Crippen LogP contribution in [-0.4, -0.2) is 4.98 Å². The van der Waals surface area contributed by atoms with Crippen molar-refractivity contribution in [3.63, 3.8) is 0 Å². The molecule has 100 valence electrons. The number of aromatic nitrogens is 1. The van der Waals surface area contributed by atoms with Crippen molar-refractivity contribution in [3.05, 3.63) is 35.5 Å². The van der Waals surface area contributed by atoms with Crippen molar-refractivity contribution in [1.82, 2.24) is 4.98 Å². The predicted octanol–water partition coefficient (Wildman–Crippen LogP) is 3.46. The molecule has 19 heavy (non-hydrogen) atoms. The first-order valence-electron chi connectivity index (χ1n) is 6.45. The van der Waals surface area contributed by atoms with Crippen molar-refractivity contribution in [2.75, 3.05) is 5.43 Å². The second-order valence-corrected chi connectivity index (χ2v) is 5.00. The van der Waals surface area contributed by atoms with Gasteiger partial charge in [-0.25, -0.2) is 8.78 Å². The molecule has 1 aliphatic rings. The number of rotatable bonds is 2. The van der Waals surface area contributed by atoms with Crippen LogP contribution < -0.4 is 11.3 Å². The third-order valence-corrected chi connectivity index (χ3v) is 3.77. The Morgan fingerprint density at radius 3 is 2.58 bits per heavy atom. The fourth-order valence-electron chi connectivity index (χ4n) is 2.85. The summed E-state index contributed by atoms with van der Waals surface area (Å²) < 4.78 is 27.1. The molecule has 0 aliphatic heterocycles. The second-order valence-electron chi connectivity index (χ2n) is 5.00. The van der Waals surface area contributed by atoms with Gasteiger partial charge in [-0.05, 0) is 18.9 Å². The Bertz CT molecular complexity index is 622. The summed E-state index contributed by atoms with van der Waals surface area (Å²) in [5, 5.41) is 0.241. The SMILES string of the molecule is NNc1cc(C2CCCC2)nc2cc(F)cc(F)c12. The maximum absolute atomic E-state index is 13.8. The van der Waals surface area contributed by atoms with Gasteiger partial charge in [-0.2, -0.15) is 0 Å². The Hall–Kier alpha value is -1.75. The van der Waals surface area contributed by atoms with Crippen LogP contribution in [0, 0.1) is 11.6 Å². The summed E-state index contributed by atoms with van der Waals surface area (Å²) in [5.41, 5.74) is 4.13. The number of hydrazine groups is 1. The van der Waals surface area contributed by atoms with E-state index in [9.17, 15) is 8.78 Å². The zero-order chi connectivity index (χ0) is 13.4. The summed E-state index contributed by atoms with van der Waals surface area (Å²) in [5.74, 6) is 4.55. The fourth-order valence-corrected chi connectivity index (χ4v) is 2.85. The average molecular weight is 263 g/mol. The molecule has 0 bridgehead atoms. The molecule has 2 aromatic rings. The van der Waals surface area contributed by atoms with E-state index in [2.05, 4.69) is 10.4 Å². The van der Waals surface area contributed by atoms with Gasteiger partial charge >= 0.3 is 0 Å². The van der Waals surface area contributed by atoms with E-state index in [0.717, 1.165) is 24.6 Å². The number of benzene rings is 1. The van der Waals surface area contributed by atoms with Crippen LogP contribution in [0.25, 0.3) is 10.9 Å². The van der Waals surface area contributed by atoms with Crippen LogP contribution in [0.3, 0.4) is 0 Å². The van der Waals surface area contributed by atoms with Gasteiger partial charge in [0.25, 0.3) is 0 Å². The Labute approximate surface area is 109 Å². The summed E-state index contributed by atoms with van der Waals surface area (Å²) in [7, 11) is 0. The number of nitrogens with two attached hydrogens (primary N) is 1. The number of hydrogen-bond donors (Lipinski definition) is 2. The highest BCUT2D eigenvalue weighted by atomic mass is 19.1. The summed E-state index contributed by atoms with van der Waals surface area (Å²) in [6.45, 7) is 0. The molecule has 0 amide bonds. The highest BCUT2D eigenvalue weighted by Crippen LogP contribution is 2.36. The van der Waals surface area contributed by atoms with Crippen molar-refractivity contribution in [3.8, 4) is 0 Å². The van der Waals surface area contributed by atoms with Crippen molar-refractivity contribution < 1.29 is 8.78 Å². The predicted molar refractivity (Wildman–Crippen MR) is 70.7 cm³/mol. The Kier molecular flexibility index (Phi) is 3.06. The highest BCUT2D eigenvalue weighted by molar-refractivity contribution is 5.92. The molecular formula is C14H15F2N3. The molecule has 1 saturated carbocycles. The van der Waals surface area contributed by atoms with Crippen LogP contribution in [0.15, 0.2) is 18.2 Å². The number of hydrogen-bond acceptors (Lipinski definition) is 3. The van der Waals surface area contributed by atoms with E-state index in [1.54, 1.807) is 6.07 Å². The van der Waals surface area contributed by atoms with Crippen LogP contribution in [0.5, 0.6) is 0 Å². The van der Waals surface area contributed by atoms with Gasteiger partial charge in [0.15, 0.2) is 0 Å². The molecule has 1 fully saturated rings. The molecule has 3 nitrogen and oxygen atoms in total. The molecule has 0 unspecified atom stereocenters. The lowest BCUT2D eigenvalue weighted by Gasteiger charge is -2.13. The zero-order valence-electron chi connectivity index (χ0n) is 10.4. The molecule has 1 aliphatic carbocycles. The molecule has 3 rings (SSSR count). The quantitative estimate of drug-likeness (QED) is 0.644. The maximum Gasteiger partial charge on any atom is 0.137 e. The van der Waals surface area contributed by atoms with Gasteiger partial charge in [-0.3, -0.25) is 10.8 Å². The lowest BCUT2D eigenvalue weighted by Crippen LogP contribution is -2.10. The maximum atomic E-state index is 13.8. The standard InChI is InChI=1S/C14H15F2N3/c15-9-5-10(16)14-12(6-9)18-11(7-13(14)19-17)8-3-1-2-4-8/h5-8H,1-4,17H2,(H,18,19). The second kappa shape index (κ2) is 4.74. The monoisotopic (exact) mass is 263 g/mol. The molecule has 3 N–H and O–H groups in total. The van der Waals surface area contributed by atoms with Crippen molar-refractivity contribution >= 4 is 16.6 Å². The number of nitrogens with zero attached hydrogens (tertiary/aromatic N) is 1. The number of anilines is 1. The minimum Gasteiger partial charge on any atom is -0.323 e. The average Bonchev–Trinajstić information content (AvgIpc) is 2.90. The van der Waals surface area contributed by atoms with Gasteiger partial charge in [0.1, 0.15) is 11.6 Å². The number of nitrogen functional groups attached to an aromatic ring is 1. The molecule has 0 spiro atoms. The van der Waals surface area contributed by atoms with Gasteiger partial charge in [-0.1, -0.05) is 12.8 Å². The number of halogens is 2. The van der Waals surface area contributed by atoms with Gasteiger partial charge < -0.3 is 5.43 Å². The van der Waals surface area contributed by atoms with Crippen LogP contribution in [0.2, 0.25) is 0 Å². The number of fused-ring (bicyclic) bond motifs is 1. The van der Waals surface area contributed by atoms with Crippen molar-refractivity contribution in [2.45, 2.75) is 31.6 Å². The molecule has 0 saturated heterocycles. The lowest BCUT2D eigenvalue weighted by molar-refractivity contribution is 0.591. The van der Waals surface area contributed by atoms with Gasteiger partial charge in [0, 0.05) is 23.7 Å². The third-order valence-electron chi connectivity index (χ3n) is 3.77. The molecule has 1 aromatic heterocycles. The van der Waals surface area contributed by atoms with Gasteiger partial charge in [0.2, 0.25) is 0 Å². The third kappa shape index (κ3) is 2.14. The molecule has 0 radical (unpaired) electrons. The van der Waals surface area contributed by atoms with E-state index >= 15 is 0 Å². The highest BCUT2D eigenvalue weighted by Gasteiger charge is 2.21. The molecule has 0 atom stereocenters. The summed E-state index contributed by atoms with van der Waals surface area (Å²) in [6, 6.07) is 3.87. The smallest absolute Gasteiger partial charge is 0.137 e. The van der Waals surface area contributed by atoms with Crippen LogP contribution in [0.4, 0.5) is 14.5 Å². The van der Waals surface area contributed by atoms with E-state index in [1.807, 2.05) is 0 Å². The van der Waals surface area contributed by atoms with Crippen LogP contribution >= 0.6 is 0 Å².